The average Bonchev–Trinajstić information content (AvgIpc) is 3.14. The number of pyridine rings is 1. The number of hydrogen-bond acceptors (Lipinski definition) is 5. The van der Waals surface area contributed by atoms with E-state index in [4.69, 9.17) is 11.6 Å². The fraction of sp³-hybridized carbons (Fsp3) is 0.231. The van der Waals surface area contributed by atoms with Crippen LogP contribution < -0.4 is 10.6 Å². The molecule has 2 aromatic carbocycles. The first-order valence-electron chi connectivity index (χ1n) is 11.1. The molecule has 3 aromatic rings. The van der Waals surface area contributed by atoms with Crippen molar-refractivity contribution in [2.24, 2.45) is 4.99 Å². The number of benzene rings is 2. The zero-order valence-electron chi connectivity index (χ0n) is 19.7. The fourth-order valence-corrected chi connectivity index (χ4v) is 4.01. The Morgan fingerprint density at radius 2 is 1.89 bits per heavy atom. The van der Waals surface area contributed by atoms with Crippen LogP contribution in [0.1, 0.15) is 32.7 Å². The Balaban J connectivity index is 1.60. The largest absolute Gasteiger partial charge is 0.352 e. The number of hydrogen-bond donors (Lipinski definition) is 2. The van der Waals surface area contributed by atoms with Gasteiger partial charge in [-0.25, -0.2) is 4.98 Å². The third-order valence-corrected chi connectivity index (χ3v) is 6.13. The highest BCUT2D eigenvalue weighted by atomic mass is 35.5. The summed E-state index contributed by atoms with van der Waals surface area (Å²) >= 11 is 6.10. The van der Waals surface area contributed by atoms with Gasteiger partial charge in [-0.15, -0.1) is 0 Å². The summed E-state index contributed by atoms with van der Waals surface area (Å²) in [4.78, 5) is 34.3. The number of carbonyl (C=O) groups excluding carboxylic acids is 2. The lowest BCUT2D eigenvalue weighted by molar-refractivity contribution is -0.116. The number of rotatable bonds is 6. The molecule has 2 N–H and O–H groups in total. The van der Waals surface area contributed by atoms with Gasteiger partial charge in [0.2, 0.25) is 11.9 Å². The van der Waals surface area contributed by atoms with E-state index < -0.39 is 5.95 Å². The van der Waals surface area contributed by atoms with Crippen LogP contribution in [-0.2, 0) is 17.9 Å². The van der Waals surface area contributed by atoms with E-state index in [2.05, 4.69) is 20.6 Å². The van der Waals surface area contributed by atoms with Crippen molar-refractivity contribution in [2.45, 2.75) is 26.9 Å². The Bertz CT molecular complexity index is 1340. The van der Waals surface area contributed by atoms with Crippen LogP contribution in [0.5, 0.6) is 0 Å². The molecule has 2 amide bonds. The van der Waals surface area contributed by atoms with E-state index in [9.17, 15) is 14.0 Å². The van der Waals surface area contributed by atoms with Crippen molar-refractivity contribution in [3.8, 4) is 11.1 Å². The number of amides is 2. The summed E-state index contributed by atoms with van der Waals surface area (Å²) < 4.78 is 13.6. The van der Waals surface area contributed by atoms with Crippen LogP contribution in [0.15, 0.2) is 53.5 Å². The summed E-state index contributed by atoms with van der Waals surface area (Å²) in [6, 6.07) is 14.0. The van der Waals surface area contributed by atoms with Gasteiger partial charge in [0.15, 0.2) is 0 Å². The van der Waals surface area contributed by atoms with Crippen LogP contribution in [0, 0.1) is 19.8 Å². The maximum absolute atomic E-state index is 13.6. The molecule has 1 aliphatic rings. The van der Waals surface area contributed by atoms with Crippen LogP contribution >= 0.6 is 11.6 Å². The molecule has 0 bridgehead atoms. The fourth-order valence-electron chi connectivity index (χ4n) is 3.89. The third kappa shape index (κ3) is 5.84. The first kappa shape index (κ1) is 24.3. The smallest absolute Gasteiger partial charge is 0.268 e. The molecule has 0 saturated heterocycles. The predicted octanol–water partition coefficient (Wildman–Crippen LogP) is 4.01. The van der Waals surface area contributed by atoms with Crippen molar-refractivity contribution in [3.05, 3.63) is 87.4 Å². The lowest BCUT2D eigenvalue weighted by Gasteiger charge is -2.16. The molecule has 0 aliphatic carbocycles. The van der Waals surface area contributed by atoms with Gasteiger partial charge in [-0.1, -0.05) is 23.7 Å². The lowest BCUT2D eigenvalue weighted by atomic mass is 9.98. The number of aliphatic imine (C=N–C) groups is 1. The summed E-state index contributed by atoms with van der Waals surface area (Å²) in [6.45, 7) is 4.54. The molecule has 9 heteroatoms. The van der Waals surface area contributed by atoms with Gasteiger partial charge in [0.25, 0.3) is 11.8 Å². The molecule has 180 valence electrons. The molecule has 0 atom stereocenters. The van der Waals surface area contributed by atoms with Crippen LogP contribution in [0.2, 0.25) is 5.02 Å². The molecule has 4 rings (SSSR count). The Morgan fingerprint density at radius 3 is 2.57 bits per heavy atom. The van der Waals surface area contributed by atoms with Gasteiger partial charge in [0.1, 0.15) is 6.54 Å². The van der Waals surface area contributed by atoms with E-state index in [0.29, 0.717) is 35.3 Å². The van der Waals surface area contributed by atoms with Crippen LogP contribution in [0.25, 0.3) is 11.1 Å². The first-order chi connectivity index (χ1) is 16.7. The average molecular weight is 494 g/mol. The molecular weight excluding hydrogens is 469 g/mol. The van der Waals surface area contributed by atoms with Crippen molar-refractivity contribution in [3.63, 3.8) is 0 Å². The Kier molecular flexibility index (Phi) is 7.12. The summed E-state index contributed by atoms with van der Waals surface area (Å²) in [5, 5.41) is 6.77. The van der Waals surface area contributed by atoms with Gasteiger partial charge in [0, 0.05) is 42.0 Å². The molecule has 0 radical (unpaired) electrons. The van der Waals surface area contributed by atoms with E-state index in [-0.39, 0.29) is 18.4 Å². The summed E-state index contributed by atoms with van der Waals surface area (Å²) in [6.07, 6.45) is 0. The lowest BCUT2D eigenvalue weighted by Crippen LogP contribution is -2.35. The highest BCUT2D eigenvalue weighted by molar-refractivity contribution is 6.31. The Labute approximate surface area is 208 Å². The van der Waals surface area contributed by atoms with Gasteiger partial charge in [0.05, 0.1) is 0 Å². The molecule has 0 saturated carbocycles. The second kappa shape index (κ2) is 10.2. The van der Waals surface area contributed by atoms with Crippen molar-refractivity contribution >= 4 is 29.4 Å². The van der Waals surface area contributed by atoms with Crippen LogP contribution in [-0.4, -0.2) is 41.3 Å². The summed E-state index contributed by atoms with van der Waals surface area (Å²) in [5.74, 6) is -0.551. The standard InChI is InChI=1S/C26H25ClFN5O2/c1-15-8-17(4-6-22(15)27)12-29-25(35)20-10-18(13-30-26-32-24(34)14-33(26)3)9-19(11-20)21-5-7-23(28)31-16(21)2/h4-11H,12-14H2,1-3H3,(H,29,35)(H,30,32,34). The minimum atomic E-state index is -0.563. The number of aryl methyl sites for hydroxylation is 2. The first-order valence-corrected chi connectivity index (χ1v) is 11.4. The van der Waals surface area contributed by atoms with Gasteiger partial charge in [-0.3, -0.25) is 9.59 Å². The molecule has 1 aliphatic heterocycles. The van der Waals surface area contributed by atoms with Crippen molar-refractivity contribution in [1.82, 2.24) is 20.5 Å². The number of aromatic nitrogens is 1. The number of nitrogens with zero attached hydrogens (tertiary/aromatic N) is 3. The molecule has 1 aromatic heterocycles. The maximum atomic E-state index is 13.6. The molecular formula is C26H25ClFN5O2. The highest BCUT2D eigenvalue weighted by Gasteiger charge is 2.19. The number of nitrogens with one attached hydrogen (secondary N) is 2. The molecule has 35 heavy (non-hydrogen) atoms. The van der Waals surface area contributed by atoms with E-state index in [1.165, 1.54) is 6.07 Å². The van der Waals surface area contributed by atoms with Gasteiger partial charge in [-0.2, -0.15) is 9.38 Å². The van der Waals surface area contributed by atoms with Gasteiger partial charge in [-0.05, 0) is 72.5 Å². The minimum Gasteiger partial charge on any atom is -0.352 e. The zero-order chi connectivity index (χ0) is 25.1. The van der Waals surface area contributed by atoms with Crippen molar-refractivity contribution in [1.29, 1.82) is 0 Å². The normalized spacial score (nSPS) is 13.1. The number of guanidine groups is 1. The van der Waals surface area contributed by atoms with Crippen LogP contribution in [0.3, 0.4) is 0 Å². The molecule has 2 heterocycles. The van der Waals surface area contributed by atoms with Gasteiger partial charge >= 0.3 is 0 Å². The minimum absolute atomic E-state index is 0.214. The topological polar surface area (TPSA) is 86.7 Å². The Morgan fingerprint density at radius 1 is 1.09 bits per heavy atom. The molecule has 0 unspecified atom stereocenters. The van der Waals surface area contributed by atoms with E-state index in [0.717, 1.165) is 27.8 Å². The van der Waals surface area contributed by atoms with Crippen LogP contribution in [0.4, 0.5) is 4.39 Å². The number of likely N-dealkylation sites (N-methyl/N-ethyl adjacent to an activating group) is 1. The monoisotopic (exact) mass is 493 g/mol. The SMILES string of the molecule is Cc1cc(CNC(=O)c2cc(CNC3=NC(=O)CN3C)cc(-c3ccc(F)nc3C)c2)ccc1Cl. The predicted molar refractivity (Wildman–Crippen MR) is 134 cm³/mol. The number of halogens is 2. The van der Waals surface area contributed by atoms with E-state index >= 15 is 0 Å². The molecule has 0 fully saturated rings. The second-order valence-electron chi connectivity index (χ2n) is 8.49. The third-order valence-electron chi connectivity index (χ3n) is 5.71. The zero-order valence-corrected chi connectivity index (χ0v) is 20.4. The summed E-state index contributed by atoms with van der Waals surface area (Å²) in [7, 11) is 1.78. The van der Waals surface area contributed by atoms with Crippen molar-refractivity contribution in [2.75, 3.05) is 13.6 Å². The van der Waals surface area contributed by atoms with E-state index in [1.54, 1.807) is 43.1 Å². The maximum Gasteiger partial charge on any atom is 0.268 e. The molecule has 0 spiro atoms. The van der Waals surface area contributed by atoms with Crippen molar-refractivity contribution < 1.29 is 14.0 Å². The second-order valence-corrected chi connectivity index (χ2v) is 8.90. The Hall–Kier alpha value is -3.78. The summed E-state index contributed by atoms with van der Waals surface area (Å²) in [5.41, 5.74) is 5.10. The van der Waals surface area contributed by atoms with E-state index in [1.807, 2.05) is 25.1 Å². The quantitative estimate of drug-likeness (QED) is 0.507. The number of carbonyl (C=O) groups is 2. The molecule has 7 nitrogen and oxygen atoms in total. The highest BCUT2D eigenvalue weighted by Crippen LogP contribution is 2.25. The van der Waals surface area contributed by atoms with Gasteiger partial charge < -0.3 is 15.5 Å².